The third-order valence-corrected chi connectivity index (χ3v) is 2.61. The first kappa shape index (κ1) is 13.8. The summed E-state index contributed by atoms with van der Waals surface area (Å²) in [7, 11) is 0. The van der Waals surface area contributed by atoms with Crippen molar-refractivity contribution in [2.75, 3.05) is 6.61 Å². The molecule has 0 spiro atoms. The van der Waals surface area contributed by atoms with Crippen LogP contribution in [0.1, 0.15) is 43.0 Å². The highest BCUT2D eigenvalue weighted by atomic mass is 35.5. The Hall–Kier alpha value is -1.29. The number of carboxylic acids is 1. The lowest BCUT2D eigenvalue weighted by atomic mass is 10.2. The average Bonchev–Trinajstić information content (AvgIpc) is 2.30. The summed E-state index contributed by atoms with van der Waals surface area (Å²) in [6, 6.07) is 1.35. The van der Waals surface area contributed by atoms with Gasteiger partial charge in [-0.2, -0.15) is 0 Å². The van der Waals surface area contributed by atoms with Gasteiger partial charge in [-0.15, -0.1) is 0 Å². The molecule has 0 saturated carbocycles. The molecule has 0 amide bonds. The van der Waals surface area contributed by atoms with E-state index in [-0.39, 0.29) is 10.6 Å². The molecule has 1 aromatic heterocycles. The van der Waals surface area contributed by atoms with E-state index in [1.54, 1.807) is 0 Å². The van der Waals surface area contributed by atoms with Crippen molar-refractivity contribution in [1.82, 2.24) is 4.98 Å². The molecule has 0 aliphatic heterocycles. The normalized spacial score (nSPS) is 10.2. The number of rotatable bonds is 7. The number of pyridine rings is 1. The largest absolute Gasteiger partial charge is 0.478 e. The van der Waals surface area contributed by atoms with Crippen molar-refractivity contribution in [2.45, 2.75) is 32.6 Å². The molecule has 5 heteroatoms. The number of hydrogen-bond donors (Lipinski definition) is 1. The van der Waals surface area contributed by atoms with Gasteiger partial charge in [-0.1, -0.05) is 37.8 Å². The maximum atomic E-state index is 10.8. The Morgan fingerprint density at radius 2 is 2.24 bits per heavy atom. The number of nitrogens with zero attached hydrogens (tertiary/aromatic N) is 1. The van der Waals surface area contributed by atoms with Crippen LogP contribution in [0, 0.1) is 0 Å². The van der Waals surface area contributed by atoms with Crippen molar-refractivity contribution in [3.05, 3.63) is 22.8 Å². The van der Waals surface area contributed by atoms with Crippen LogP contribution >= 0.6 is 11.6 Å². The topological polar surface area (TPSA) is 59.4 Å². The molecule has 0 fully saturated rings. The first-order chi connectivity index (χ1) is 8.15. The van der Waals surface area contributed by atoms with Crippen LogP contribution in [0.2, 0.25) is 5.02 Å². The summed E-state index contributed by atoms with van der Waals surface area (Å²) < 4.78 is 5.37. The standard InChI is InChI=1S/C12H16ClNO3/c1-2-3-4-5-6-17-11-7-9(12(15)16)10(13)8-14-11/h7-8H,2-6H2,1H3,(H,15,16). The van der Waals surface area contributed by atoms with Crippen LogP contribution in [0.4, 0.5) is 0 Å². The molecule has 0 saturated heterocycles. The summed E-state index contributed by atoms with van der Waals surface area (Å²) >= 11 is 5.69. The van der Waals surface area contributed by atoms with Gasteiger partial charge in [-0.25, -0.2) is 9.78 Å². The number of unbranched alkanes of at least 4 members (excludes halogenated alkanes) is 3. The van der Waals surface area contributed by atoms with E-state index in [0.717, 1.165) is 12.8 Å². The number of carbonyl (C=O) groups is 1. The molecule has 0 aromatic carbocycles. The predicted molar refractivity (Wildman–Crippen MR) is 65.8 cm³/mol. The zero-order valence-corrected chi connectivity index (χ0v) is 10.5. The molecular weight excluding hydrogens is 242 g/mol. The summed E-state index contributed by atoms with van der Waals surface area (Å²) in [5.41, 5.74) is 0.0187. The molecule has 1 rings (SSSR count). The van der Waals surface area contributed by atoms with Gasteiger partial charge in [0.25, 0.3) is 0 Å². The molecule has 17 heavy (non-hydrogen) atoms. The minimum Gasteiger partial charge on any atom is -0.478 e. The van der Waals surface area contributed by atoms with Crippen LogP contribution in [0.5, 0.6) is 5.88 Å². The number of aromatic carboxylic acids is 1. The minimum absolute atomic E-state index is 0.0187. The van der Waals surface area contributed by atoms with Gasteiger partial charge in [-0.05, 0) is 6.42 Å². The van der Waals surface area contributed by atoms with Gasteiger partial charge < -0.3 is 9.84 Å². The van der Waals surface area contributed by atoms with Gasteiger partial charge in [0.15, 0.2) is 0 Å². The Morgan fingerprint density at radius 3 is 2.88 bits per heavy atom. The van der Waals surface area contributed by atoms with Crippen molar-refractivity contribution in [3.63, 3.8) is 0 Å². The third-order valence-electron chi connectivity index (χ3n) is 2.31. The molecule has 0 bridgehead atoms. The molecular formula is C12H16ClNO3. The molecule has 1 aromatic rings. The lowest BCUT2D eigenvalue weighted by Crippen LogP contribution is -2.03. The number of aromatic nitrogens is 1. The fourth-order valence-electron chi connectivity index (χ4n) is 1.37. The van der Waals surface area contributed by atoms with E-state index < -0.39 is 5.97 Å². The first-order valence-corrected chi connectivity index (χ1v) is 6.04. The molecule has 0 aliphatic carbocycles. The van der Waals surface area contributed by atoms with E-state index in [1.807, 2.05) is 0 Å². The SMILES string of the molecule is CCCCCCOc1cc(C(=O)O)c(Cl)cn1. The highest BCUT2D eigenvalue weighted by Crippen LogP contribution is 2.19. The summed E-state index contributed by atoms with van der Waals surface area (Å²) in [5, 5.41) is 8.99. The van der Waals surface area contributed by atoms with E-state index in [1.165, 1.54) is 25.1 Å². The van der Waals surface area contributed by atoms with Crippen molar-refractivity contribution >= 4 is 17.6 Å². The molecule has 1 heterocycles. The van der Waals surface area contributed by atoms with Crippen LogP contribution in [0.15, 0.2) is 12.3 Å². The van der Waals surface area contributed by atoms with Gasteiger partial charge in [0, 0.05) is 6.07 Å². The van der Waals surface area contributed by atoms with Gasteiger partial charge >= 0.3 is 5.97 Å². The lowest BCUT2D eigenvalue weighted by Gasteiger charge is -2.06. The van der Waals surface area contributed by atoms with Crippen LogP contribution in [0.3, 0.4) is 0 Å². The summed E-state index contributed by atoms with van der Waals surface area (Å²) in [4.78, 5) is 14.7. The summed E-state index contributed by atoms with van der Waals surface area (Å²) in [5.74, 6) is -0.767. The number of ether oxygens (including phenoxy) is 1. The summed E-state index contributed by atoms with van der Waals surface area (Å²) in [6.07, 6.45) is 5.70. The lowest BCUT2D eigenvalue weighted by molar-refractivity contribution is 0.0696. The molecule has 0 atom stereocenters. The van der Waals surface area contributed by atoms with Crippen molar-refractivity contribution in [1.29, 1.82) is 0 Å². The van der Waals surface area contributed by atoms with Crippen LogP contribution in [0.25, 0.3) is 0 Å². The number of halogens is 1. The van der Waals surface area contributed by atoms with E-state index >= 15 is 0 Å². The second kappa shape index (κ2) is 7.12. The van der Waals surface area contributed by atoms with Crippen molar-refractivity contribution < 1.29 is 14.6 Å². The molecule has 94 valence electrons. The maximum absolute atomic E-state index is 10.8. The first-order valence-electron chi connectivity index (χ1n) is 5.66. The van der Waals surface area contributed by atoms with E-state index in [4.69, 9.17) is 21.4 Å². The molecule has 1 N–H and O–H groups in total. The number of carboxylic acid groups (broad SMARTS) is 1. The second-order valence-corrected chi connectivity index (χ2v) is 4.12. The van der Waals surface area contributed by atoms with Crippen LogP contribution in [-0.2, 0) is 0 Å². The van der Waals surface area contributed by atoms with Gasteiger partial charge in [0.2, 0.25) is 5.88 Å². The van der Waals surface area contributed by atoms with E-state index in [0.29, 0.717) is 12.5 Å². The van der Waals surface area contributed by atoms with Gasteiger partial charge in [-0.3, -0.25) is 0 Å². The molecule has 0 aliphatic rings. The van der Waals surface area contributed by atoms with Gasteiger partial charge in [0.05, 0.1) is 23.4 Å². The Labute approximate surface area is 106 Å². The van der Waals surface area contributed by atoms with E-state index in [9.17, 15) is 4.79 Å². The van der Waals surface area contributed by atoms with E-state index in [2.05, 4.69) is 11.9 Å². The van der Waals surface area contributed by atoms with Crippen molar-refractivity contribution in [2.24, 2.45) is 0 Å². The monoisotopic (exact) mass is 257 g/mol. The third kappa shape index (κ3) is 4.61. The second-order valence-electron chi connectivity index (χ2n) is 3.72. The average molecular weight is 258 g/mol. The smallest absolute Gasteiger partial charge is 0.337 e. The van der Waals surface area contributed by atoms with Crippen molar-refractivity contribution in [3.8, 4) is 5.88 Å². The fraction of sp³-hybridized carbons (Fsp3) is 0.500. The highest BCUT2D eigenvalue weighted by Gasteiger charge is 2.10. The highest BCUT2D eigenvalue weighted by molar-refractivity contribution is 6.33. The predicted octanol–water partition coefficient (Wildman–Crippen LogP) is 3.39. The van der Waals surface area contributed by atoms with Crippen LogP contribution in [-0.4, -0.2) is 22.7 Å². The Morgan fingerprint density at radius 1 is 1.47 bits per heavy atom. The molecule has 4 nitrogen and oxygen atoms in total. The van der Waals surface area contributed by atoms with Crippen LogP contribution < -0.4 is 4.74 Å². The fourth-order valence-corrected chi connectivity index (χ4v) is 1.55. The Balaban J connectivity index is 2.49. The molecule has 0 unspecified atom stereocenters. The molecule has 0 radical (unpaired) electrons. The Bertz CT molecular complexity index is 382. The minimum atomic E-state index is -1.08. The quantitative estimate of drug-likeness (QED) is 0.761. The van der Waals surface area contributed by atoms with Gasteiger partial charge in [0.1, 0.15) is 0 Å². The summed E-state index contributed by atoms with van der Waals surface area (Å²) in [6.45, 7) is 2.69. The maximum Gasteiger partial charge on any atom is 0.337 e. The zero-order valence-electron chi connectivity index (χ0n) is 9.78. The number of hydrogen-bond acceptors (Lipinski definition) is 3. The zero-order chi connectivity index (χ0) is 12.7. The Kier molecular flexibility index (Phi) is 5.77.